The zero-order valence-corrected chi connectivity index (χ0v) is 30.4. The molecule has 2 heterocycles. The molecule has 0 saturated carbocycles. The minimum Gasteiger partial charge on any atom is -0.450 e. The lowest BCUT2D eigenvalue weighted by Gasteiger charge is -2.27. The molecule has 10 heteroatoms. The largest absolute Gasteiger partial charge is 0.450 e. The van der Waals surface area contributed by atoms with Gasteiger partial charge in [-0.25, -0.2) is 9.48 Å². The Morgan fingerprint density at radius 2 is 1.61 bits per heavy atom. The number of nitrogens with zero attached hydrogens (tertiary/aromatic N) is 3. The summed E-state index contributed by atoms with van der Waals surface area (Å²) < 4.78 is 13.5. The molecule has 2 aromatic carbocycles. The predicted octanol–water partition coefficient (Wildman–Crippen LogP) is 8.82. The highest BCUT2D eigenvalue weighted by molar-refractivity contribution is 6.79. The van der Waals surface area contributed by atoms with E-state index in [-0.39, 0.29) is 5.78 Å². The Morgan fingerprint density at radius 1 is 0.848 bits per heavy atom. The number of hydrogen-bond acceptors (Lipinski definition) is 6. The fourth-order valence-electron chi connectivity index (χ4n) is 5.69. The van der Waals surface area contributed by atoms with Crippen molar-refractivity contribution in [3.63, 3.8) is 0 Å². The van der Waals surface area contributed by atoms with Crippen LogP contribution in [0.25, 0.3) is 10.9 Å². The van der Waals surface area contributed by atoms with Gasteiger partial charge in [0.15, 0.2) is 5.78 Å². The third kappa shape index (κ3) is 9.70. The Labute approximate surface area is 275 Å². The number of benzene rings is 2. The monoisotopic (exact) mass is 658 g/mol. The molecule has 0 radical (unpaired) electrons. The first-order chi connectivity index (χ1) is 22.1. The minimum absolute atomic E-state index is 0.133. The number of hydrogen-bond donors (Lipinski definition) is 1. The molecule has 4 aromatic rings. The first kappa shape index (κ1) is 35.3. The summed E-state index contributed by atoms with van der Waals surface area (Å²) in [5.74, 6) is -0.133. The van der Waals surface area contributed by atoms with Crippen LogP contribution in [0.3, 0.4) is 0 Å². The molecule has 0 bridgehead atoms. The molecular formula is C36H50N4O4Si2. The molecular weight excluding hydrogens is 609 g/mol. The molecule has 0 saturated heterocycles. The van der Waals surface area contributed by atoms with Gasteiger partial charge in [-0.2, -0.15) is 5.10 Å². The lowest BCUT2D eigenvalue weighted by Crippen LogP contribution is -2.32. The lowest BCUT2D eigenvalue weighted by molar-refractivity contribution is 0.0811. The number of rotatable bonds is 17. The van der Waals surface area contributed by atoms with E-state index < -0.39 is 22.2 Å². The lowest BCUT2D eigenvalue weighted by atomic mass is 10.0. The Bertz CT molecular complexity index is 1590. The smallest absolute Gasteiger partial charge is 0.411 e. The molecule has 4 rings (SSSR count). The van der Waals surface area contributed by atoms with Crippen molar-refractivity contribution in [2.45, 2.75) is 90.2 Å². The second-order valence-electron chi connectivity index (χ2n) is 13.3. The molecule has 46 heavy (non-hydrogen) atoms. The van der Waals surface area contributed by atoms with Gasteiger partial charge in [0.1, 0.15) is 6.73 Å². The van der Waals surface area contributed by atoms with Gasteiger partial charge in [-0.1, -0.05) is 88.9 Å². The summed E-state index contributed by atoms with van der Waals surface area (Å²) in [4.78, 5) is 30.5. The van der Waals surface area contributed by atoms with E-state index in [4.69, 9.17) is 14.6 Å². The summed E-state index contributed by atoms with van der Waals surface area (Å²) in [5, 5.41) is 8.74. The number of pyridine rings is 1. The fraction of sp³-hybridized carbons (Fsp3) is 0.444. The molecule has 0 aliphatic rings. The first-order valence-electron chi connectivity index (χ1n) is 16.6. The number of ether oxygens (including phenoxy) is 2. The molecule has 0 aliphatic carbocycles. The van der Waals surface area contributed by atoms with Crippen LogP contribution in [0.15, 0.2) is 66.9 Å². The number of carbonyl (C=O) groups excluding carboxylic acids is 2. The number of aryl methyl sites for hydroxylation is 2. The number of amides is 1. The van der Waals surface area contributed by atoms with Crippen LogP contribution < -0.4 is 5.32 Å². The Kier molecular flexibility index (Phi) is 12.5. The number of ketones is 1. The quantitative estimate of drug-likeness (QED) is 0.0692. The van der Waals surface area contributed by atoms with Crippen molar-refractivity contribution in [2.24, 2.45) is 0 Å². The topological polar surface area (TPSA) is 95.3 Å². The maximum absolute atomic E-state index is 13.7. The maximum Gasteiger partial charge on any atom is 0.411 e. The van der Waals surface area contributed by atoms with Gasteiger partial charge < -0.3 is 9.47 Å². The van der Waals surface area contributed by atoms with E-state index in [0.29, 0.717) is 36.8 Å². The average Bonchev–Trinajstić information content (AvgIpc) is 3.40. The van der Waals surface area contributed by atoms with Gasteiger partial charge in [0, 0.05) is 48.8 Å². The zero-order valence-electron chi connectivity index (χ0n) is 28.4. The highest BCUT2D eigenvalue weighted by atomic mass is 28.3. The van der Waals surface area contributed by atoms with Crippen molar-refractivity contribution < 1.29 is 19.1 Å². The summed E-state index contributed by atoms with van der Waals surface area (Å²) in [5.41, 5.74) is 4.40. The Balaban J connectivity index is 1.53. The van der Waals surface area contributed by atoms with Crippen molar-refractivity contribution in [1.29, 1.82) is 0 Å². The fourth-order valence-corrected chi connectivity index (χ4v) is 9.54. The number of aromatic nitrogens is 3. The van der Waals surface area contributed by atoms with E-state index >= 15 is 0 Å². The summed E-state index contributed by atoms with van der Waals surface area (Å²) in [6.07, 6.45) is 2.80. The molecule has 1 amide bonds. The standard InChI is InChI=1S/C36H50N4O4Si2/c1-7-46(8-2,9-3)24-21-43-27-40-34-26-29(16-18-32(34)33(39-40)19-17-30-14-10-11-20-37-30)35(41)28-13-12-15-31(25-28)38-36(42)44-22-23-45(4,5)6/h10-16,18,20,25-26H,7-9,17,19,21-24,27H2,1-6H3,(H,38,42). The molecule has 0 atom stereocenters. The van der Waals surface area contributed by atoms with Crippen molar-refractivity contribution in [3.05, 3.63) is 89.4 Å². The highest BCUT2D eigenvalue weighted by Crippen LogP contribution is 2.26. The summed E-state index contributed by atoms with van der Waals surface area (Å²) in [6.45, 7) is 15.1. The van der Waals surface area contributed by atoms with Gasteiger partial charge in [0.05, 0.1) is 25.9 Å². The normalized spacial score (nSPS) is 12.0. The molecule has 246 valence electrons. The van der Waals surface area contributed by atoms with Crippen LogP contribution in [0, 0.1) is 0 Å². The average molecular weight is 659 g/mol. The summed E-state index contributed by atoms with van der Waals surface area (Å²) >= 11 is 0. The van der Waals surface area contributed by atoms with Gasteiger partial charge in [-0.05, 0) is 55.3 Å². The van der Waals surface area contributed by atoms with Crippen LogP contribution >= 0.6 is 0 Å². The van der Waals surface area contributed by atoms with Crippen LogP contribution in [0.4, 0.5) is 10.5 Å². The van der Waals surface area contributed by atoms with Gasteiger partial charge in [0.2, 0.25) is 0 Å². The van der Waals surface area contributed by atoms with Crippen molar-refractivity contribution >= 4 is 44.6 Å². The summed E-state index contributed by atoms with van der Waals surface area (Å²) in [6, 6.07) is 24.5. The van der Waals surface area contributed by atoms with Crippen molar-refractivity contribution in [3.8, 4) is 0 Å². The molecule has 0 fully saturated rings. The van der Waals surface area contributed by atoms with E-state index in [0.717, 1.165) is 47.2 Å². The second kappa shape index (κ2) is 16.3. The zero-order chi connectivity index (χ0) is 33.2. The van der Waals surface area contributed by atoms with Gasteiger partial charge >= 0.3 is 6.09 Å². The third-order valence-corrected chi connectivity index (χ3v) is 16.6. The van der Waals surface area contributed by atoms with E-state index in [1.165, 1.54) is 18.1 Å². The van der Waals surface area contributed by atoms with Crippen LogP contribution in [0.5, 0.6) is 0 Å². The Morgan fingerprint density at radius 3 is 2.30 bits per heavy atom. The van der Waals surface area contributed by atoms with E-state index in [2.05, 4.69) is 50.7 Å². The second-order valence-corrected chi connectivity index (χ2v) is 24.6. The van der Waals surface area contributed by atoms with Crippen LogP contribution in [-0.4, -0.2) is 56.0 Å². The highest BCUT2D eigenvalue weighted by Gasteiger charge is 2.26. The Hall–Kier alpha value is -3.61. The van der Waals surface area contributed by atoms with Crippen LogP contribution in [-0.2, 0) is 29.0 Å². The van der Waals surface area contributed by atoms with Crippen LogP contribution in [0.2, 0.25) is 49.9 Å². The van der Waals surface area contributed by atoms with E-state index in [1.807, 2.05) is 47.3 Å². The van der Waals surface area contributed by atoms with E-state index in [1.54, 1.807) is 24.3 Å². The van der Waals surface area contributed by atoms with E-state index in [9.17, 15) is 9.59 Å². The SMILES string of the molecule is CC[Si](CC)(CC)CCOCn1nc(CCc2ccccn2)c2ccc(C(=O)c3cccc(NC(=O)OCC[Si](C)(C)C)c3)cc21. The first-order valence-corrected chi connectivity index (χ1v) is 23.2. The predicted molar refractivity (Wildman–Crippen MR) is 192 cm³/mol. The number of carbonyl (C=O) groups is 2. The number of nitrogens with one attached hydrogen (secondary N) is 1. The van der Waals surface area contributed by atoms with Crippen LogP contribution in [0.1, 0.15) is 48.1 Å². The molecule has 0 unspecified atom stereocenters. The molecule has 8 nitrogen and oxygen atoms in total. The molecule has 2 aromatic heterocycles. The van der Waals surface area contributed by atoms with Crippen molar-refractivity contribution in [1.82, 2.24) is 14.8 Å². The minimum atomic E-state index is -1.31. The number of fused-ring (bicyclic) bond motifs is 1. The van der Waals surface area contributed by atoms with Gasteiger partial charge in [0.25, 0.3) is 0 Å². The maximum atomic E-state index is 13.7. The van der Waals surface area contributed by atoms with Gasteiger partial charge in [-0.15, -0.1) is 0 Å². The van der Waals surface area contributed by atoms with Gasteiger partial charge in [-0.3, -0.25) is 15.1 Å². The molecule has 1 N–H and O–H groups in total. The third-order valence-electron chi connectivity index (χ3n) is 9.13. The van der Waals surface area contributed by atoms with Crippen molar-refractivity contribution in [2.75, 3.05) is 18.5 Å². The molecule has 0 spiro atoms. The number of anilines is 1. The summed E-state index contributed by atoms with van der Waals surface area (Å²) in [7, 11) is -2.59. The molecule has 0 aliphatic heterocycles.